The molecule has 2 aliphatic heterocycles. The second-order valence-corrected chi connectivity index (χ2v) is 8.28. The average Bonchev–Trinajstić information content (AvgIpc) is 3.20. The van der Waals surface area contributed by atoms with Gasteiger partial charge in [-0.2, -0.15) is 0 Å². The van der Waals surface area contributed by atoms with Crippen LogP contribution in [-0.4, -0.2) is 29.4 Å². The van der Waals surface area contributed by atoms with Gasteiger partial charge in [-0.15, -0.1) is 23.1 Å². The van der Waals surface area contributed by atoms with Crippen LogP contribution in [0.25, 0.3) is 15.8 Å². The number of thioether (sulfide) groups is 2. The molecule has 3 heterocycles. The highest BCUT2D eigenvalue weighted by molar-refractivity contribution is 8.17. The Hall–Kier alpha value is -0.910. The van der Waals surface area contributed by atoms with Gasteiger partial charge in [0.2, 0.25) is 0 Å². The Kier molecular flexibility index (Phi) is 3.96. The van der Waals surface area contributed by atoms with Gasteiger partial charge in [0, 0.05) is 26.6 Å². The monoisotopic (exact) mass is 346 g/mol. The molecular weight excluding hydrogens is 328 g/mol. The van der Waals surface area contributed by atoms with Gasteiger partial charge < -0.3 is 4.90 Å². The molecule has 0 saturated carbocycles. The summed E-state index contributed by atoms with van der Waals surface area (Å²) in [6.45, 7) is 4.22. The lowest BCUT2D eigenvalue weighted by molar-refractivity contribution is 0.645. The third kappa shape index (κ3) is 2.30. The predicted molar refractivity (Wildman–Crippen MR) is 102 cm³/mol. The van der Waals surface area contributed by atoms with Gasteiger partial charge in [0.05, 0.1) is 12.2 Å². The molecule has 2 nitrogen and oxygen atoms in total. The molecule has 1 aromatic heterocycles. The summed E-state index contributed by atoms with van der Waals surface area (Å²) in [5.41, 5.74) is 2.77. The standard InChI is InChI=1S/C17H18N2S3/c1-3-4-13-15(19-7-6-18-17(19)22-13)12-9-11-5-8-21-16(11)14(10-12)20-2/h5,8-10H,3-4,6-7H2,1-2H3. The molecule has 0 bridgehead atoms. The molecular formula is C17H18N2S3. The molecule has 4 rings (SSSR count). The Labute approximate surface area is 143 Å². The summed E-state index contributed by atoms with van der Waals surface area (Å²) >= 11 is 5.57. The van der Waals surface area contributed by atoms with Gasteiger partial charge in [0.1, 0.15) is 0 Å². The van der Waals surface area contributed by atoms with Crippen LogP contribution in [0.1, 0.15) is 25.3 Å². The number of allylic oxidation sites excluding steroid dienone is 1. The van der Waals surface area contributed by atoms with Crippen molar-refractivity contribution < 1.29 is 0 Å². The minimum atomic E-state index is 0.932. The second kappa shape index (κ2) is 5.95. The summed E-state index contributed by atoms with van der Waals surface area (Å²) < 4.78 is 1.41. The topological polar surface area (TPSA) is 15.6 Å². The second-order valence-electron chi connectivity index (χ2n) is 5.46. The highest BCUT2D eigenvalue weighted by Gasteiger charge is 2.32. The summed E-state index contributed by atoms with van der Waals surface area (Å²) in [5, 5.41) is 4.76. The van der Waals surface area contributed by atoms with Gasteiger partial charge in [-0.05, 0) is 41.6 Å². The van der Waals surface area contributed by atoms with E-state index in [9.17, 15) is 0 Å². The number of hydrogen-bond acceptors (Lipinski definition) is 5. The number of benzene rings is 1. The SMILES string of the molecule is CCCC1=C(c2cc(SC)c3sccc3c2)N2CCN=C2S1. The first kappa shape index (κ1) is 14.7. The van der Waals surface area contributed by atoms with Crippen molar-refractivity contribution in [3.05, 3.63) is 34.0 Å². The van der Waals surface area contributed by atoms with E-state index in [2.05, 4.69) is 46.7 Å². The van der Waals surface area contributed by atoms with E-state index in [0.29, 0.717) is 0 Å². The quantitative estimate of drug-likeness (QED) is 0.679. The predicted octanol–water partition coefficient (Wildman–Crippen LogP) is 5.51. The van der Waals surface area contributed by atoms with Gasteiger partial charge >= 0.3 is 0 Å². The van der Waals surface area contributed by atoms with Crippen LogP contribution in [0.4, 0.5) is 0 Å². The maximum Gasteiger partial charge on any atom is 0.168 e. The van der Waals surface area contributed by atoms with Crippen LogP contribution >= 0.6 is 34.9 Å². The van der Waals surface area contributed by atoms with Crippen LogP contribution in [0.2, 0.25) is 0 Å². The average molecular weight is 347 g/mol. The number of fused-ring (bicyclic) bond motifs is 2. The Morgan fingerprint density at radius 3 is 3.09 bits per heavy atom. The van der Waals surface area contributed by atoms with Crippen molar-refractivity contribution in [2.75, 3.05) is 19.3 Å². The lowest BCUT2D eigenvalue weighted by atomic mass is 10.1. The van der Waals surface area contributed by atoms with E-state index in [1.165, 1.54) is 42.7 Å². The molecule has 0 radical (unpaired) electrons. The summed E-state index contributed by atoms with van der Waals surface area (Å²) in [6, 6.07) is 6.97. The lowest BCUT2D eigenvalue weighted by Gasteiger charge is -2.18. The van der Waals surface area contributed by atoms with E-state index in [0.717, 1.165) is 19.5 Å². The van der Waals surface area contributed by atoms with Gasteiger partial charge in [-0.25, -0.2) is 0 Å². The van der Waals surface area contributed by atoms with Crippen molar-refractivity contribution in [2.24, 2.45) is 4.99 Å². The van der Waals surface area contributed by atoms with Crippen molar-refractivity contribution in [2.45, 2.75) is 24.7 Å². The number of aliphatic imine (C=N–C) groups is 1. The first-order valence-electron chi connectivity index (χ1n) is 7.60. The van der Waals surface area contributed by atoms with Crippen LogP contribution < -0.4 is 0 Å². The highest BCUT2D eigenvalue weighted by atomic mass is 32.2. The number of nitrogens with zero attached hydrogens (tertiary/aromatic N) is 2. The van der Waals surface area contributed by atoms with Crippen LogP contribution in [0.3, 0.4) is 0 Å². The van der Waals surface area contributed by atoms with Crippen molar-refractivity contribution in [1.82, 2.24) is 4.90 Å². The number of thiophene rings is 1. The maximum absolute atomic E-state index is 4.66. The summed E-state index contributed by atoms with van der Waals surface area (Å²) in [4.78, 5) is 9.96. The minimum Gasteiger partial charge on any atom is -0.318 e. The first-order valence-corrected chi connectivity index (χ1v) is 10.5. The van der Waals surface area contributed by atoms with Gasteiger partial charge in [0.25, 0.3) is 0 Å². The minimum absolute atomic E-state index is 0.932. The lowest BCUT2D eigenvalue weighted by Crippen LogP contribution is -2.20. The van der Waals surface area contributed by atoms with Crippen LogP contribution in [0.5, 0.6) is 0 Å². The highest BCUT2D eigenvalue weighted by Crippen LogP contribution is 2.45. The molecule has 0 atom stereocenters. The number of hydrogen-bond donors (Lipinski definition) is 0. The molecule has 1 aromatic carbocycles. The van der Waals surface area contributed by atoms with Crippen LogP contribution in [-0.2, 0) is 0 Å². The first-order chi connectivity index (χ1) is 10.8. The molecule has 0 unspecified atom stereocenters. The molecule has 22 heavy (non-hydrogen) atoms. The van der Waals surface area contributed by atoms with Crippen molar-refractivity contribution >= 4 is 55.8 Å². The van der Waals surface area contributed by atoms with Gasteiger partial charge in [0.15, 0.2) is 5.17 Å². The molecule has 2 aromatic rings. The van der Waals surface area contributed by atoms with Gasteiger partial charge in [-0.1, -0.05) is 25.1 Å². The van der Waals surface area contributed by atoms with Crippen LogP contribution in [0.15, 0.2) is 38.4 Å². The number of rotatable bonds is 4. The molecule has 0 aliphatic carbocycles. The third-order valence-corrected chi connectivity index (χ3v) is 7.07. The summed E-state index contributed by atoms with van der Waals surface area (Å²) in [5.74, 6) is 0. The summed E-state index contributed by atoms with van der Waals surface area (Å²) in [7, 11) is 0. The van der Waals surface area contributed by atoms with E-state index in [4.69, 9.17) is 0 Å². The summed E-state index contributed by atoms with van der Waals surface area (Å²) in [6.07, 6.45) is 4.50. The van der Waals surface area contributed by atoms with E-state index >= 15 is 0 Å². The fourth-order valence-corrected chi connectivity index (χ4v) is 6.11. The Balaban J connectivity index is 1.88. The normalized spacial score (nSPS) is 17.5. The van der Waals surface area contributed by atoms with Gasteiger partial charge in [-0.3, -0.25) is 4.99 Å². The fraction of sp³-hybridized carbons (Fsp3) is 0.353. The smallest absolute Gasteiger partial charge is 0.168 e. The zero-order chi connectivity index (χ0) is 15.1. The molecule has 0 fully saturated rings. The molecule has 0 N–H and O–H groups in total. The van der Waals surface area contributed by atoms with E-state index in [1.54, 1.807) is 0 Å². The van der Waals surface area contributed by atoms with Crippen LogP contribution in [0, 0.1) is 0 Å². The maximum atomic E-state index is 4.66. The number of amidine groups is 1. The molecule has 0 spiro atoms. The fourth-order valence-electron chi connectivity index (χ4n) is 3.08. The molecule has 2 aliphatic rings. The Morgan fingerprint density at radius 2 is 2.27 bits per heavy atom. The van der Waals surface area contributed by atoms with Crippen molar-refractivity contribution in [3.63, 3.8) is 0 Å². The largest absolute Gasteiger partial charge is 0.318 e. The van der Waals surface area contributed by atoms with Crippen molar-refractivity contribution in [1.29, 1.82) is 0 Å². The molecule has 0 amide bonds. The zero-order valence-electron chi connectivity index (χ0n) is 12.8. The Bertz CT molecular complexity index is 788. The Morgan fingerprint density at radius 1 is 1.36 bits per heavy atom. The van der Waals surface area contributed by atoms with E-state index in [1.807, 2.05) is 34.9 Å². The van der Waals surface area contributed by atoms with E-state index < -0.39 is 0 Å². The van der Waals surface area contributed by atoms with Crippen molar-refractivity contribution in [3.8, 4) is 0 Å². The molecule has 114 valence electrons. The van der Waals surface area contributed by atoms with E-state index in [-0.39, 0.29) is 0 Å². The molecule has 5 heteroatoms. The molecule has 0 saturated heterocycles. The third-order valence-electron chi connectivity index (χ3n) is 4.04. The zero-order valence-corrected chi connectivity index (χ0v) is 15.2.